The van der Waals surface area contributed by atoms with Crippen LogP contribution in [-0.2, 0) is 19.1 Å². The van der Waals surface area contributed by atoms with Crippen molar-refractivity contribution >= 4 is 28.6 Å². The second kappa shape index (κ2) is 10.2. The van der Waals surface area contributed by atoms with Gasteiger partial charge in [-0.25, -0.2) is 0 Å². The molecule has 5 rings (SSSR count). The second-order valence-corrected chi connectivity index (χ2v) is 9.50. The van der Waals surface area contributed by atoms with E-state index in [0.29, 0.717) is 17.0 Å². The molecule has 3 aromatic carbocycles. The molecule has 0 aliphatic heterocycles. The number of aromatic nitrogens is 1. The number of H-pyrrole nitrogens is 1. The zero-order valence-corrected chi connectivity index (χ0v) is 21.5. The lowest BCUT2D eigenvalue weighted by Gasteiger charge is -2.42. The number of nitrogens with one attached hydrogen (secondary N) is 1. The number of Topliss-reactive ketones (excluding diaryl/α,β-unsaturated/α-hetero) is 1. The van der Waals surface area contributed by atoms with Crippen molar-refractivity contribution in [1.29, 1.82) is 0 Å². The van der Waals surface area contributed by atoms with Gasteiger partial charge in [0.15, 0.2) is 11.2 Å². The molecular formula is C31H29NO6. The van der Waals surface area contributed by atoms with Gasteiger partial charge in [-0.3, -0.25) is 14.4 Å². The Morgan fingerprint density at radius 1 is 0.842 bits per heavy atom. The molecule has 0 spiro atoms. The van der Waals surface area contributed by atoms with Crippen LogP contribution in [0.1, 0.15) is 51.9 Å². The van der Waals surface area contributed by atoms with Gasteiger partial charge in [-0.2, -0.15) is 0 Å². The Balaban J connectivity index is 1.81. The molecule has 1 aliphatic rings. The highest BCUT2D eigenvalue weighted by molar-refractivity contribution is 6.05. The first kappa shape index (κ1) is 25.3. The SMILES string of the molecule is COC(=O)C1(C(=O)OC)CC(c2ccccc2OC)c2c([nH]c3ccccc23)C1CC(=O)c1ccccc1. The molecule has 4 aromatic rings. The molecule has 7 nitrogen and oxygen atoms in total. The Morgan fingerprint density at radius 2 is 1.47 bits per heavy atom. The number of aromatic amines is 1. The van der Waals surface area contributed by atoms with Crippen molar-refractivity contribution in [3.8, 4) is 5.75 Å². The van der Waals surface area contributed by atoms with Crippen molar-refractivity contribution in [3.63, 3.8) is 0 Å². The van der Waals surface area contributed by atoms with Crippen LogP contribution >= 0.6 is 0 Å². The number of para-hydroxylation sites is 2. The molecule has 0 fully saturated rings. The third-order valence-electron chi connectivity index (χ3n) is 7.69. The molecular weight excluding hydrogens is 482 g/mol. The lowest BCUT2D eigenvalue weighted by molar-refractivity contribution is -0.172. The summed E-state index contributed by atoms with van der Waals surface area (Å²) in [5.41, 5.74) is 1.98. The van der Waals surface area contributed by atoms with Crippen LogP contribution in [0.25, 0.3) is 10.9 Å². The van der Waals surface area contributed by atoms with Gasteiger partial charge >= 0.3 is 11.9 Å². The van der Waals surface area contributed by atoms with E-state index in [9.17, 15) is 14.4 Å². The number of hydrogen-bond acceptors (Lipinski definition) is 6. The maximum atomic E-state index is 13.7. The average molecular weight is 512 g/mol. The summed E-state index contributed by atoms with van der Waals surface area (Å²) in [6.07, 6.45) is -0.0407. The standard InChI is InChI=1S/C31H29NO6/c1-36-26-16-10-8-13-20(26)22-18-31(29(34)37-2,30(35)38-3)23(17-25(33)19-11-5-4-6-12-19)28-27(22)21-14-7-9-15-24(21)32-28/h4-16,22-23,32H,17-18H2,1-3H3. The maximum absolute atomic E-state index is 13.7. The fourth-order valence-corrected chi connectivity index (χ4v) is 5.97. The van der Waals surface area contributed by atoms with Crippen molar-refractivity contribution in [2.45, 2.75) is 24.7 Å². The fraction of sp³-hybridized carbons (Fsp3) is 0.258. The van der Waals surface area contributed by atoms with Gasteiger partial charge in [0.25, 0.3) is 0 Å². The van der Waals surface area contributed by atoms with Crippen LogP contribution in [-0.4, -0.2) is 44.0 Å². The summed E-state index contributed by atoms with van der Waals surface area (Å²) in [6.45, 7) is 0. The van der Waals surface area contributed by atoms with Crippen LogP contribution < -0.4 is 4.74 Å². The van der Waals surface area contributed by atoms with E-state index in [1.54, 1.807) is 31.4 Å². The number of hydrogen-bond donors (Lipinski definition) is 1. The number of ketones is 1. The number of fused-ring (bicyclic) bond motifs is 3. The first-order valence-electron chi connectivity index (χ1n) is 12.4. The Kier molecular flexibility index (Phi) is 6.76. The van der Waals surface area contributed by atoms with E-state index < -0.39 is 29.2 Å². The zero-order valence-electron chi connectivity index (χ0n) is 21.5. The average Bonchev–Trinajstić information content (AvgIpc) is 3.36. The smallest absolute Gasteiger partial charge is 0.323 e. The fourth-order valence-electron chi connectivity index (χ4n) is 5.97. The predicted octanol–water partition coefficient (Wildman–Crippen LogP) is 5.40. The summed E-state index contributed by atoms with van der Waals surface area (Å²) in [7, 11) is 4.09. The van der Waals surface area contributed by atoms with Crippen LogP contribution in [0, 0.1) is 5.41 Å². The van der Waals surface area contributed by atoms with E-state index in [0.717, 1.165) is 22.0 Å². The van der Waals surface area contributed by atoms with Crippen LogP contribution in [0.15, 0.2) is 78.9 Å². The molecule has 0 amide bonds. The van der Waals surface area contributed by atoms with Crippen LogP contribution in [0.2, 0.25) is 0 Å². The second-order valence-electron chi connectivity index (χ2n) is 9.50. The van der Waals surface area contributed by atoms with E-state index in [2.05, 4.69) is 4.98 Å². The van der Waals surface area contributed by atoms with Crippen LogP contribution in [0.4, 0.5) is 0 Å². The van der Waals surface area contributed by atoms with Crippen molar-refractivity contribution in [3.05, 3.63) is 101 Å². The van der Waals surface area contributed by atoms with Crippen LogP contribution in [0.5, 0.6) is 5.75 Å². The van der Waals surface area contributed by atoms with Crippen LogP contribution in [0.3, 0.4) is 0 Å². The molecule has 0 saturated carbocycles. The van der Waals surface area contributed by atoms with Gasteiger partial charge in [0.1, 0.15) is 5.75 Å². The molecule has 0 bridgehead atoms. The summed E-state index contributed by atoms with van der Waals surface area (Å²) >= 11 is 0. The quantitative estimate of drug-likeness (QED) is 0.203. The van der Waals surface area contributed by atoms with E-state index in [4.69, 9.17) is 14.2 Å². The lowest BCUT2D eigenvalue weighted by atomic mass is 9.59. The van der Waals surface area contributed by atoms with Gasteiger partial charge in [-0.1, -0.05) is 66.7 Å². The van der Waals surface area contributed by atoms with E-state index in [1.807, 2.05) is 54.6 Å². The number of ether oxygens (including phenoxy) is 3. The number of carbonyl (C=O) groups is 3. The monoisotopic (exact) mass is 511 g/mol. The molecule has 2 atom stereocenters. The molecule has 0 saturated heterocycles. The van der Waals surface area contributed by atoms with Crippen molar-refractivity contribution in [2.75, 3.05) is 21.3 Å². The Bertz CT molecular complexity index is 1490. The van der Waals surface area contributed by atoms with Crippen molar-refractivity contribution < 1.29 is 28.6 Å². The molecule has 0 radical (unpaired) electrons. The van der Waals surface area contributed by atoms with E-state index in [-0.39, 0.29) is 18.6 Å². The van der Waals surface area contributed by atoms with Gasteiger partial charge in [-0.15, -0.1) is 0 Å². The van der Waals surface area contributed by atoms with Gasteiger partial charge in [0.2, 0.25) is 0 Å². The number of benzene rings is 3. The first-order valence-corrected chi connectivity index (χ1v) is 12.4. The van der Waals surface area contributed by atoms with Gasteiger partial charge in [-0.05, 0) is 24.1 Å². The number of methoxy groups -OCH3 is 3. The Labute approximate surface area is 220 Å². The number of rotatable bonds is 7. The van der Waals surface area contributed by atoms with Crippen molar-refractivity contribution in [2.24, 2.45) is 5.41 Å². The zero-order chi connectivity index (χ0) is 26.9. The molecule has 1 heterocycles. The summed E-state index contributed by atoms with van der Waals surface area (Å²) in [4.78, 5) is 44.4. The maximum Gasteiger partial charge on any atom is 0.323 e. The molecule has 1 aromatic heterocycles. The molecule has 1 aliphatic carbocycles. The van der Waals surface area contributed by atoms with Crippen molar-refractivity contribution in [1.82, 2.24) is 4.98 Å². The third-order valence-corrected chi connectivity index (χ3v) is 7.69. The highest BCUT2D eigenvalue weighted by Crippen LogP contribution is 2.57. The summed E-state index contributed by atoms with van der Waals surface area (Å²) < 4.78 is 16.2. The first-order chi connectivity index (χ1) is 18.5. The predicted molar refractivity (Wildman–Crippen MR) is 142 cm³/mol. The summed E-state index contributed by atoms with van der Waals surface area (Å²) in [5, 5.41) is 0.957. The molecule has 194 valence electrons. The highest BCUT2D eigenvalue weighted by atomic mass is 16.5. The molecule has 2 unspecified atom stereocenters. The Morgan fingerprint density at radius 3 is 2.16 bits per heavy atom. The van der Waals surface area contributed by atoms with E-state index >= 15 is 0 Å². The minimum atomic E-state index is -1.77. The topological polar surface area (TPSA) is 94.7 Å². The van der Waals surface area contributed by atoms with Gasteiger partial charge in [0, 0.05) is 46.0 Å². The number of carbonyl (C=O) groups excluding carboxylic acids is 3. The third kappa shape index (κ3) is 3.95. The van der Waals surface area contributed by atoms with E-state index in [1.165, 1.54) is 14.2 Å². The highest BCUT2D eigenvalue weighted by Gasteiger charge is 2.60. The number of esters is 2. The molecule has 38 heavy (non-hydrogen) atoms. The van der Waals surface area contributed by atoms with Gasteiger partial charge in [0.05, 0.1) is 21.3 Å². The molecule has 1 N–H and O–H groups in total. The lowest BCUT2D eigenvalue weighted by Crippen LogP contribution is -2.50. The summed E-state index contributed by atoms with van der Waals surface area (Å²) in [6, 6.07) is 24.2. The largest absolute Gasteiger partial charge is 0.496 e. The minimum absolute atomic E-state index is 0.0499. The summed E-state index contributed by atoms with van der Waals surface area (Å²) in [5.74, 6) is -2.29. The minimum Gasteiger partial charge on any atom is -0.496 e. The normalized spacial score (nSPS) is 17.9. The van der Waals surface area contributed by atoms with Gasteiger partial charge < -0.3 is 19.2 Å². The molecule has 7 heteroatoms. The Hall–Kier alpha value is -4.39.